The number of likely N-dealkylation sites (tertiary alicyclic amines) is 1. The maximum Gasteiger partial charge on any atom is 0.236 e. The van der Waals surface area contributed by atoms with E-state index in [1.165, 1.54) is 12.8 Å². The van der Waals surface area contributed by atoms with Crippen LogP contribution < -0.4 is 5.32 Å². The van der Waals surface area contributed by atoms with E-state index >= 15 is 0 Å². The second-order valence-electron chi connectivity index (χ2n) is 6.59. The molecule has 122 valence electrons. The summed E-state index contributed by atoms with van der Waals surface area (Å²) in [5.41, 5.74) is 0. The summed E-state index contributed by atoms with van der Waals surface area (Å²) in [5, 5.41) is 12.9. The smallest absolute Gasteiger partial charge is 0.236 e. The number of ether oxygens (including phenoxy) is 1. The average molecular weight is 298 g/mol. The van der Waals surface area contributed by atoms with Gasteiger partial charge in [0, 0.05) is 19.6 Å². The number of carbonyl (C=O) groups is 1. The Labute approximate surface area is 128 Å². The van der Waals surface area contributed by atoms with Gasteiger partial charge in [0.05, 0.1) is 25.4 Å². The van der Waals surface area contributed by atoms with E-state index < -0.39 is 6.10 Å². The standard InChI is InChI=1S/C16H30N2O3/c1-13-4-6-15(7-5-13)21-12-14(19)10-17-11-16(20)18-8-2-3-9-18/h13-15,17,19H,2-12H2,1H3. The molecule has 0 bridgehead atoms. The van der Waals surface area contributed by atoms with Gasteiger partial charge in [0.2, 0.25) is 5.91 Å². The number of hydrogen-bond acceptors (Lipinski definition) is 4. The van der Waals surface area contributed by atoms with E-state index in [-0.39, 0.29) is 5.91 Å². The first-order valence-electron chi connectivity index (χ1n) is 8.43. The zero-order chi connectivity index (χ0) is 15.1. The predicted molar refractivity (Wildman–Crippen MR) is 82.1 cm³/mol. The molecule has 1 saturated heterocycles. The topological polar surface area (TPSA) is 61.8 Å². The lowest BCUT2D eigenvalue weighted by atomic mass is 9.89. The van der Waals surface area contributed by atoms with E-state index in [1.54, 1.807) is 0 Å². The van der Waals surface area contributed by atoms with Crippen LogP contribution in [-0.4, -0.2) is 60.9 Å². The van der Waals surface area contributed by atoms with Crippen molar-refractivity contribution >= 4 is 5.91 Å². The molecule has 2 rings (SSSR count). The quantitative estimate of drug-likeness (QED) is 0.740. The number of aliphatic hydroxyl groups excluding tert-OH is 1. The highest BCUT2D eigenvalue weighted by molar-refractivity contribution is 5.78. The molecule has 2 fully saturated rings. The number of amides is 1. The van der Waals surface area contributed by atoms with E-state index in [9.17, 15) is 9.90 Å². The van der Waals surface area contributed by atoms with Crippen molar-refractivity contribution in [2.75, 3.05) is 32.8 Å². The molecule has 1 unspecified atom stereocenters. The Morgan fingerprint density at radius 2 is 1.95 bits per heavy atom. The number of rotatable bonds is 7. The number of carbonyl (C=O) groups excluding carboxylic acids is 1. The molecular formula is C16H30N2O3. The van der Waals surface area contributed by atoms with Crippen LogP contribution in [0.3, 0.4) is 0 Å². The van der Waals surface area contributed by atoms with Crippen LogP contribution in [-0.2, 0) is 9.53 Å². The molecule has 0 spiro atoms. The second-order valence-corrected chi connectivity index (χ2v) is 6.59. The van der Waals surface area contributed by atoms with Gasteiger partial charge < -0.3 is 20.1 Å². The maximum atomic E-state index is 11.8. The molecule has 0 aromatic rings. The summed E-state index contributed by atoms with van der Waals surface area (Å²) in [5.74, 6) is 0.954. The third-order valence-electron chi connectivity index (χ3n) is 4.60. The van der Waals surface area contributed by atoms with E-state index in [0.29, 0.717) is 25.8 Å². The van der Waals surface area contributed by atoms with Gasteiger partial charge >= 0.3 is 0 Å². The molecule has 0 aromatic carbocycles. The molecule has 5 heteroatoms. The maximum absolute atomic E-state index is 11.8. The second kappa shape index (κ2) is 8.71. The Balaban J connectivity index is 1.51. The van der Waals surface area contributed by atoms with E-state index in [1.807, 2.05) is 4.90 Å². The van der Waals surface area contributed by atoms with Crippen LogP contribution in [0.1, 0.15) is 45.4 Å². The zero-order valence-corrected chi connectivity index (χ0v) is 13.2. The molecule has 1 aliphatic carbocycles. The van der Waals surface area contributed by atoms with Crippen molar-refractivity contribution in [1.82, 2.24) is 10.2 Å². The van der Waals surface area contributed by atoms with Gasteiger partial charge in [-0.2, -0.15) is 0 Å². The minimum atomic E-state index is -0.532. The minimum absolute atomic E-state index is 0.141. The Morgan fingerprint density at radius 1 is 1.29 bits per heavy atom. The third-order valence-corrected chi connectivity index (χ3v) is 4.60. The summed E-state index contributed by atoms with van der Waals surface area (Å²) >= 11 is 0. The molecule has 21 heavy (non-hydrogen) atoms. The van der Waals surface area contributed by atoms with Crippen LogP contribution in [0.15, 0.2) is 0 Å². The third kappa shape index (κ3) is 5.93. The summed E-state index contributed by atoms with van der Waals surface area (Å²) in [6.07, 6.45) is 6.67. The first-order valence-corrected chi connectivity index (χ1v) is 8.43. The van der Waals surface area contributed by atoms with E-state index in [2.05, 4.69) is 12.2 Å². The highest BCUT2D eigenvalue weighted by Gasteiger charge is 2.20. The van der Waals surface area contributed by atoms with Crippen molar-refractivity contribution in [3.63, 3.8) is 0 Å². The Bertz CT molecular complexity index is 311. The Hall–Kier alpha value is -0.650. The molecule has 1 heterocycles. The van der Waals surface area contributed by atoms with Gasteiger partial charge in [-0.05, 0) is 44.4 Å². The van der Waals surface area contributed by atoms with Crippen molar-refractivity contribution in [1.29, 1.82) is 0 Å². The van der Waals surface area contributed by atoms with Crippen LogP contribution in [0.4, 0.5) is 0 Å². The summed E-state index contributed by atoms with van der Waals surface area (Å²) in [4.78, 5) is 13.7. The van der Waals surface area contributed by atoms with Gasteiger partial charge in [-0.25, -0.2) is 0 Å². The lowest BCUT2D eigenvalue weighted by Gasteiger charge is -2.27. The normalized spacial score (nSPS) is 27.8. The van der Waals surface area contributed by atoms with Crippen LogP contribution >= 0.6 is 0 Å². The Morgan fingerprint density at radius 3 is 2.62 bits per heavy atom. The fourth-order valence-electron chi connectivity index (χ4n) is 3.13. The largest absolute Gasteiger partial charge is 0.389 e. The minimum Gasteiger partial charge on any atom is -0.389 e. The SMILES string of the molecule is CC1CCC(OCC(O)CNCC(=O)N2CCCC2)CC1. The van der Waals surface area contributed by atoms with Crippen LogP contribution in [0.2, 0.25) is 0 Å². The molecule has 1 aliphatic heterocycles. The number of hydrogen-bond donors (Lipinski definition) is 2. The van der Waals surface area contributed by atoms with Crippen molar-refractivity contribution in [2.45, 2.75) is 57.7 Å². The molecular weight excluding hydrogens is 268 g/mol. The fraction of sp³-hybridized carbons (Fsp3) is 0.938. The number of aliphatic hydroxyl groups is 1. The van der Waals surface area contributed by atoms with E-state index in [0.717, 1.165) is 44.7 Å². The van der Waals surface area contributed by atoms with Gasteiger partial charge in [-0.3, -0.25) is 4.79 Å². The first-order chi connectivity index (χ1) is 10.1. The van der Waals surface area contributed by atoms with Crippen LogP contribution in [0, 0.1) is 5.92 Å². The molecule has 1 saturated carbocycles. The van der Waals surface area contributed by atoms with Gasteiger partial charge in [-0.1, -0.05) is 6.92 Å². The van der Waals surface area contributed by atoms with Gasteiger partial charge in [-0.15, -0.1) is 0 Å². The average Bonchev–Trinajstić information content (AvgIpc) is 3.01. The molecule has 0 aromatic heterocycles. The molecule has 1 amide bonds. The van der Waals surface area contributed by atoms with Crippen molar-refractivity contribution < 1.29 is 14.6 Å². The lowest BCUT2D eigenvalue weighted by molar-refractivity contribution is -0.129. The van der Waals surface area contributed by atoms with Crippen molar-refractivity contribution in [3.05, 3.63) is 0 Å². The van der Waals surface area contributed by atoms with Crippen LogP contribution in [0.5, 0.6) is 0 Å². The van der Waals surface area contributed by atoms with Crippen LogP contribution in [0.25, 0.3) is 0 Å². The van der Waals surface area contributed by atoms with Gasteiger partial charge in [0.1, 0.15) is 0 Å². The zero-order valence-electron chi connectivity index (χ0n) is 13.2. The van der Waals surface area contributed by atoms with Gasteiger partial charge in [0.15, 0.2) is 0 Å². The van der Waals surface area contributed by atoms with E-state index in [4.69, 9.17) is 4.74 Å². The number of nitrogens with zero attached hydrogens (tertiary/aromatic N) is 1. The molecule has 2 aliphatic rings. The highest BCUT2D eigenvalue weighted by Crippen LogP contribution is 2.25. The lowest BCUT2D eigenvalue weighted by Crippen LogP contribution is -2.40. The molecule has 5 nitrogen and oxygen atoms in total. The predicted octanol–water partition coefficient (Wildman–Crippen LogP) is 1.15. The first kappa shape index (κ1) is 16.7. The monoisotopic (exact) mass is 298 g/mol. The fourth-order valence-corrected chi connectivity index (χ4v) is 3.13. The molecule has 0 radical (unpaired) electrons. The molecule has 1 atom stereocenters. The number of nitrogens with one attached hydrogen (secondary N) is 1. The Kier molecular flexibility index (Phi) is 6.93. The molecule has 2 N–H and O–H groups in total. The summed E-state index contributed by atoms with van der Waals surface area (Å²) in [7, 11) is 0. The van der Waals surface area contributed by atoms with Crippen molar-refractivity contribution in [2.24, 2.45) is 5.92 Å². The summed E-state index contributed by atoms with van der Waals surface area (Å²) in [6, 6.07) is 0. The summed E-state index contributed by atoms with van der Waals surface area (Å²) < 4.78 is 5.77. The summed E-state index contributed by atoms with van der Waals surface area (Å²) in [6.45, 7) is 5.15. The van der Waals surface area contributed by atoms with Gasteiger partial charge in [0.25, 0.3) is 0 Å². The van der Waals surface area contributed by atoms with Crippen molar-refractivity contribution in [3.8, 4) is 0 Å². The highest BCUT2D eigenvalue weighted by atomic mass is 16.5.